The fourth-order valence-corrected chi connectivity index (χ4v) is 4.53. The highest BCUT2D eigenvalue weighted by atomic mass is 32.1. The topological polar surface area (TPSA) is 38.5 Å². The van der Waals surface area contributed by atoms with Gasteiger partial charge in [0.25, 0.3) is 0 Å². The largest absolute Gasteiger partial charge is 0.328 e. The van der Waals surface area contributed by atoms with Crippen molar-refractivity contribution in [3.05, 3.63) is 10.5 Å². The van der Waals surface area contributed by atoms with Crippen LogP contribution in [0.2, 0.25) is 0 Å². The summed E-state index contributed by atoms with van der Waals surface area (Å²) in [5.41, 5.74) is 3.69. The summed E-state index contributed by atoms with van der Waals surface area (Å²) in [6.07, 6.45) is 6.67. The number of aromatic nitrogens is 4. The number of rotatable bonds is 4. The lowest BCUT2D eigenvalue weighted by Gasteiger charge is -2.31. The smallest absolute Gasteiger partial charge is 0.179 e. The second-order valence-electron chi connectivity index (χ2n) is 7.23. The van der Waals surface area contributed by atoms with Crippen molar-refractivity contribution < 1.29 is 0 Å². The van der Waals surface area contributed by atoms with Crippen LogP contribution in [0.5, 0.6) is 0 Å². The van der Waals surface area contributed by atoms with Gasteiger partial charge < -0.3 is 9.55 Å². The predicted octanol–water partition coefficient (Wildman–Crippen LogP) is 4.35. The predicted molar refractivity (Wildman–Crippen MR) is 89.0 cm³/mol. The Morgan fingerprint density at radius 3 is 2.62 bits per heavy atom. The van der Waals surface area contributed by atoms with E-state index in [0.29, 0.717) is 5.41 Å². The molecule has 21 heavy (non-hydrogen) atoms. The molecule has 0 radical (unpaired) electrons. The molecule has 0 unspecified atom stereocenters. The highest BCUT2D eigenvalue weighted by Gasteiger charge is 2.35. The minimum Gasteiger partial charge on any atom is -0.328 e. The molecule has 1 N–H and O–H groups in total. The summed E-state index contributed by atoms with van der Waals surface area (Å²) >= 11 is 5.59. The van der Waals surface area contributed by atoms with E-state index >= 15 is 0 Å². The van der Waals surface area contributed by atoms with Crippen molar-refractivity contribution in [2.45, 2.75) is 59.4 Å². The minimum atomic E-state index is 0.416. The van der Waals surface area contributed by atoms with E-state index in [1.807, 2.05) is 18.7 Å². The lowest BCUT2D eigenvalue weighted by atomic mass is 9.78. The Bertz CT molecular complexity index is 698. The zero-order valence-corrected chi connectivity index (χ0v) is 14.4. The normalized spacial score (nSPS) is 18.1. The van der Waals surface area contributed by atoms with Crippen molar-refractivity contribution in [1.82, 2.24) is 19.3 Å². The van der Waals surface area contributed by atoms with Crippen LogP contribution < -0.4 is 0 Å². The van der Waals surface area contributed by atoms with Gasteiger partial charge in [-0.3, -0.25) is 4.68 Å². The maximum Gasteiger partial charge on any atom is 0.179 e. The fourth-order valence-electron chi connectivity index (χ4n) is 4.27. The van der Waals surface area contributed by atoms with Gasteiger partial charge in [-0.05, 0) is 49.7 Å². The van der Waals surface area contributed by atoms with Crippen molar-refractivity contribution in [3.63, 3.8) is 0 Å². The Morgan fingerprint density at radius 2 is 2.00 bits per heavy atom. The molecule has 0 spiro atoms. The van der Waals surface area contributed by atoms with Gasteiger partial charge in [0.05, 0.1) is 5.69 Å². The molecule has 2 heterocycles. The van der Waals surface area contributed by atoms with Gasteiger partial charge in [-0.2, -0.15) is 5.10 Å². The molecule has 1 aliphatic carbocycles. The van der Waals surface area contributed by atoms with Crippen LogP contribution in [0.25, 0.3) is 11.2 Å². The Labute approximate surface area is 131 Å². The molecular weight excluding hydrogens is 280 g/mol. The molecule has 1 aliphatic rings. The molecule has 0 bridgehead atoms. The van der Waals surface area contributed by atoms with Crippen LogP contribution >= 0.6 is 12.2 Å². The molecule has 0 aromatic carbocycles. The summed E-state index contributed by atoms with van der Waals surface area (Å²) in [7, 11) is 2.01. The maximum absolute atomic E-state index is 5.59. The minimum absolute atomic E-state index is 0.416. The standard InChI is InChI=1S/C16H26N4S/c1-11(2)9-16(7-5-6-8-16)10-20-14-13(17-15(20)21)12(3)18-19(14)4/h11H,5-10H2,1-4H3,(H,17,21). The molecule has 0 aliphatic heterocycles. The summed E-state index contributed by atoms with van der Waals surface area (Å²) < 4.78 is 5.10. The molecule has 116 valence electrons. The molecule has 0 atom stereocenters. The van der Waals surface area contributed by atoms with Crippen molar-refractivity contribution in [3.8, 4) is 0 Å². The van der Waals surface area contributed by atoms with Crippen molar-refractivity contribution in [2.24, 2.45) is 18.4 Å². The van der Waals surface area contributed by atoms with Gasteiger partial charge in [0, 0.05) is 13.6 Å². The average molecular weight is 306 g/mol. The summed E-state index contributed by atoms with van der Waals surface area (Å²) in [5.74, 6) is 0.736. The third-order valence-corrected chi connectivity index (χ3v) is 5.25. The third kappa shape index (κ3) is 2.56. The van der Waals surface area contributed by atoms with Crippen molar-refractivity contribution >= 4 is 23.4 Å². The van der Waals surface area contributed by atoms with E-state index in [0.717, 1.165) is 34.1 Å². The molecule has 0 amide bonds. The number of aryl methyl sites for hydroxylation is 2. The van der Waals surface area contributed by atoms with Crippen LogP contribution in [0.4, 0.5) is 0 Å². The zero-order chi connectivity index (χ0) is 15.2. The van der Waals surface area contributed by atoms with E-state index in [9.17, 15) is 0 Å². The molecule has 1 fully saturated rings. The Kier molecular flexibility index (Phi) is 3.72. The molecule has 5 heteroatoms. The van der Waals surface area contributed by atoms with E-state index in [4.69, 9.17) is 12.2 Å². The molecule has 3 rings (SSSR count). The lowest BCUT2D eigenvalue weighted by molar-refractivity contribution is 0.198. The molecule has 2 aromatic rings. The first-order valence-corrected chi connectivity index (χ1v) is 8.45. The molecule has 1 saturated carbocycles. The molecule has 2 aromatic heterocycles. The van der Waals surface area contributed by atoms with Crippen LogP contribution in [-0.2, 0) is 13.6 Å². The number of fused-ring (bicyclic) bond motifs is 1. The lowest BCUT2D eigenvalue weighted by Crippen LogP contribution is -2.26. The number of nitrogens with one attached hydrogen (secondary N) is 1. The number of imidazole rings is 1. The number of aromatic amines is 1. The fraction of sp³-hybridized carbons (Fsp3) is 0.750. The Balaban J connectivity index is 2.04. The first-order chi connectivity index (χ1) is 9.92. The number of hydrogen-bond donors (Lipinski definition) is 1. The second kappa shape index (κ2) is 5.27. The summed E-state index contributed by atoms with van der Waals surface area (Å²) in [4.78, 5) is 3.36. The number of hydrogen-bond acceptors (Lipinski definition) is 2. The van der Waals surface area contributed by atoms with Crippen LogP contribution in [0, 0.1) is 23.0 Å². The van der Waals surface area contributed by atoms with Crippen LogP contribution in [-0.4, -0.2) is 19.3 Å². The third-order valence-electron chi connectivity index (χ3n) is 4.92. The summed E-state index contributed by atoms with van der Waals surface area (Å²) in [5, 5.41) is 4.53. The van der Waals surface area contributed by atoms with Gasteiger partial charge in [0.15, 0.2) is 10.4 Å². The molecule has 0 saturated heterocycles. The van der Waals surface area contributed by atoms with E-state index in [1.54, 1.807) is 0 Å². The zero-order valence-electron chi connectivity index (χ0n) is 13.6. The van der Waals surface area contributed by atoms with Gasteiger partial charge in [0.2, 0.25) is 0 Å². The van der Waals surface area contributed by atoms with Crippen LogP contribution in [0.3, 0.4) is 0 Å². The maximum atomic E-state index is 5.59. The number of nitrogens with zero attached hydrogens (tertiary/aromatic N) is 3. The van der Waals surface area contributed by atoms with E-state index in [1.165, 1.54) is 32.1 Å². The van der Waals surface area contributed by atoms with Crippen molar-refractivity contribution in [2.75, 3.05) is 0 Å². The van der Waals surface area contributed by atoms with E-state index < -0.39 is 0 Å². The van der Waals surface area contributed by atoms with Gasteiger partial charge in [-0.15, -0.1) is 0 Å². The Morgan fingerprint density at radius 1 is 1.33 bits per heavy atom. The average Bonchev–Trinajstić information content (AvgIpc) is 3.02. The van der Waals surface area contributed by atoms with Gasteiger partial charge in [-0.1, -0.05) is 26.7 Å². The SMILES string of the molecule is Cc1nn(C)c2c1[nH]c(=S)n2CC1(CC(C)C)CCCC1. The highest BCUT2D eigenvalue weighted by Crippen LogP contribution is 2.45. The highest BCUT2D eigenvalue weighted by molar-refractivity contribution is 7.71. The monoisotopic (exact) mass is 306 g/mol. The first-order valence-electron chi connectivity index (χ1n) is 8.04. The number of H-pyrrole nitrogens is 1. The van der Waals surface area contributed by atoms with Crippen LogP contribution in [0.1, 0.15) is 51.6 Å². The van der Waals surface area contributed by atoms with Gasteiger partial charge >= 0.3 is 0 Å². The summed E-state index contributed by atoms with van der Waals surface area (Å²) in [6, 6.07) is 0. The van der Waals surface area contributed by atoms with E-state index in [2.05, 4.69) is 28.5 Å². The van der Waals surface area contributed by atoms with Crippen molar-refractivity contribution in [1.29, 1.82) is 0 Å². The quantitative estimate of drug-likeness (QED) is 0.853. The second-order valence-corrected chi connectivity index (χ2v) is 7.62. The van der Waals surface area contributed by atoms with Gasteiger partial charge in [0.1, 0.15) is 5.52 Å². The molecular formula is C16H26N4S. The van der Waals surface area contributed by atoms with Gasteiger partial charge in [-0.25, -0.2) is 0 Å². The first kappa shape index (κ1) is 14.8. The molecule has 4 nitrogen and oxygen atoms in total. The van der Waals surface area contributed by atoms with E-state index in [-0.39, 0.29) is 0 Å². The van der Waals surface area contributed by atoms with Crippen LogP contribution in [0.15, 0.2) is 0 Å². The Hall–Kier alpha value is -1.10. The summed E-state index contributed by atoms with van der Waals surface area (Å²) in [6.45, 7) is 7.74.